The average Bonchev–Trinajstić information content (AvgIpc) is 2.55. The predicted octanol–water partition coefficient (Wildman–Crippen LogP) is 1.13. The highest BCUT2D eigenvalue weighted by Crippen LogP contribution is 2.24. The number of fused-ring (bicyclic) bond motifs is 1. The Bertz CT molecular complexity index is 429. The summed E-state index contributed by atoms with van der Waals surface area (Å²) in [6.07, 6.45) is 0. The summed E-state index contributed by atoms with van der Waals surface area (Å²) in [4.78, 5) is 15.7. The number of hydrogen-bond acceptors (Lipinski definition) is 3. The highest BCUT2D eigenvalue weighted by atomic mass is 16.2. The Hall–Kier alpha value is -1.39. The van der Waals surface area contributed by atoms with Gasteiger partial charge in [-0.05, 0) is 44.4 Å². The highest BCUT2D eigenvalue weighted by Gasteiger charge is 2.15. The van der Waals surface area contributed by atoms with Crippen LogP contribution in [-0.4, -0.2) is 43.4 Å². The lowest BCUT2D eigenvalue weighted by Gasteiger charge is -2.10. The lowest BCUT2D eigenvalue weighted by atomic mass is 10.1. The maximum atomic E-state index is 11.6. The molecule has 1 aliphatic heterocycles. The molecular weight excluding hydrogens is 214 g/mol. The Morgan fingerprint density at radius 1 is 1.35 bits per heavy atom. The largest absolute Gasteiger partial charge is 0.325 e. The minimum Gasteiger partial charge on any atom is -0.325 e. The molecule has 0 spiro atoms. The number of nitrogens with zero attached hydrogens (tertiary/aromatic N) is 2. The standard InChI is InChI=1S/C13H19N3O/c1-15(2)9-13(17)14-12-5-4-10-7-16(3)8-11(10)6-12/h4-6H,7-9H2,1-3H3,(H,14,17). The first kappa shape index (κ1) is 12.1. The van der Waals surface area contributed by atoms with Crippen molar-refractivity contribution in [3.8, 4) is 0 Å². The molecule has 0 aromatic heterocycles. The number of benzene rings is 1. The number of anilines is 1. The van der Waals surface area contributed by atoms with Gasteiger partial charge in [-0.15, -0.1) is 0 Å². The minimum atomic E-state index is 0.0290. The zero-order chi connectivity index (χ0) is 12.4. The van der Waals surface area contributed by atoms with Crippen LogP contribution in [0.1, 0.15) is 11.1 Å². The first-order valence-electron chi connectivity index (χ1n) is 5.79. The summed E-state index contributed by atoms with van der Waals surface area (Å²) in [6.45, 7) is 2.38. The number of nitrogens with one attached hydrogen (secondary N) is 1. The molecule has 2 rings (SSSR count). The highest BCUT2D eigenvalue weighted by molar-refractivity contribution is 5.92. The second-order valence-corrected chi connectivity index (χ2v) is 4.94. The van der Waals surface area contributed by atoms with E-state index in [9.17, 15) is 4.79 Å². The monoisotopic (exact) mass is 233 g/mol. The molecule has 1 N–H and O–H groups in total. The molecule has 1 aliphatic rings. The van der Waals surface area contributed by atoms with Crippen LogP contribution in [0.2, 0.25) is 0 Å². The zero-order valence-corrected chi connectivity index (χ0v) is 10.7. The van der Waals surface area contributed by atoms with Gasteiger partial charge >= 0.3 is 0 Å². The lowest BCUT2D eigenvalue weighted by Crippen LogP contribution is -2.27. The molecule has 17 heavy (non-hydrogen) atoms. The summed E-state index contributed by atoms with van der Waals surface area (Å²) in [6, 6.07) is 6.15. The Kier molecular flexibility index (Phi) is 3.45. The van der Waals surface area contributed by atoms with Crippen molar-refractivity contribution in [3.05, 3.63) is 29.3 Å². The van der Waals surface area contributed by atoms with Crippen LogP contribution in [0.15, 0.2) is 18.2 Å². The third-order valence-corrected chi connectivity index (χ3v) is 2.83. The summed E-state index contributed by atoms with van der Waals surface area (Å²) in [5.41, 5.74) is 3.57. The van der Waals surface area contributed by atoms with E-state index in [0.717, 1.165) is 18.8 Å². The Balaban J connectivity index is 2.04. The molecule has 4 heteroatoms. The van der Waals surface area contributed by atoms with Gasteiger partial charge < -0.3 is 10.2 Å². The fraction of sp³-hybridized carbons (Fsp3) is 0.462. The van der Waals surface area contributed by atoms with Crippen molar-refractivity contribution in [1.29, 1.82) is 0 Å². The quantitative estimate of drug-likeness (QED) is 0.850. The molecule has 0 saturated carbocycles. The van der Waals surface area contributed by atoms with Crippen LogP contribution in [0.5, 0.6) is 0 Å². The van der Waals surface area contributed by atoms with E-state index >= 15 is 0 Å². The van der Waals surface area contributed by atoms with E-state index in [1.54, 1.807) is 0 Å². The molecule has 0 aliphatic carbocycles. The van der Waals surface area contributed by atoms with Crippen LogP contribution in [0, 0.1) is 0 Å². The van der Waals surface area contributed by atoms with Crippen molar-refractivity contribution in [2.24, 2.45) is 0 Å². The fourth-order valence-corrected chi connectivity index (χ4v) is 2.13. The molecular formula is C13H19N3O. The number of carbonyl (C=O) groups excluding carboxylic acids is 1. The molecule has 4 nitrogen and oxygen atoms in total. The molecule has 0 radical (unpaired) electrons. The SMILES string of the molecule is CN(C)CC(=O)Nc1ccc2c(c1)CN(C)C2. The molecule has 92 valence electrons. The number of rotatable bonds is 3. The van der Waals surface area contributed by atoms with E-state index in [1.165, 1.54) is 11.1 Å². The number of carbonyl (C=O) groups is 1. The van der Waals surface area contributed by atoms with Crippen molar-refractivity contribution in [2.45, 2.75) is 13.1 Å². The maximum Gasteiger partial charge on any atom is 0.238 e. The molecule has 1 heterocycles. The summed E-state index contributed by atoms with van der Waals surface area (Å²) >= 11 is 0. The molecule has 0 fully saturated rings. The molecule has 1 amide bonds. The Morgan fingerprint density at radius 3 is 2.76 bits per heavy atom. The van der Waals surface area contributed by atoms with Crippen molar-refractivity contribution >= 4 is 11.6 Å². The van der Waals surface area contributed by atoms with Crippen molar-refractivity contribution in [3.63, 3.8) is 0 Å². The predicted molar refractivity (Wildman–Crippen MR) is 68.8 cm³/mol. The minimum absolute atomic E-state index is 0.0290. The van der Waals surface area contributed by atoms with E-state index in [-0.39, 0.29) is 5.91 Å². The topological polar surface area (TPSA) is 35.6 Å². The van der Waals surface area contributed by atoms with Crippen molar-refractivity contribution < 1.29 is 4.79 Å². The Morgan fingerprint density at radius 2 is 2.06 bits per heavy atom. The molecule has 1 aromatic rings. The number of likely N-dealkylation sites (N-methyl/N-ethyl adjacent to an activating group) is 1. The van der Waals surface area contributed by atoms with Crippen molar-refractivity contribution in [1.82, 2.24) is 9.80 Å². The van der Waals surface area contributed by atoms with Gasteiger partial charge in [-0.2, -0.15) is 0 Å². The fourth-order valence-electron chi connectivity index (χ4n) is 2.13. The third-order valence-electron chi connectivity index (χ3n) is 2.83. The summed E-state index contributed by atoms with van der Waals surface area (Å²) in [5, 5.41) is 2.92. The van der Waals surface area contributed by atoms with Gasteiger partial charge in [0.25, 0.3) is 0 Å². The first-order valence-corrected chi connectivity index (χ1v) is 5.79. The second-order valence-electron chi connectivity index (χ2n) is 4.94. The molecule has 1 aromatic carbocycles. The first-order chi connectivity index (χ1) is 8.04. The van der Waals surface area contributed by atoms with Crippen LogP contribution in [0.4, 0.5) is 5.69 Å². The average molecular weight is 233 g/mol. The molecule has 0 bridgehead atoms. The van der Waals surface area contributed by atoms with Crippen LogP contribution in [-0.2, 0) is 17.9 Å². The summed E-state index contributed by atoms with van der Waals surface area (Å²) < 4.78 is 0. The summed E-state index contributed by atoms with van der Waals surface area (Å²) in [7, 11) is 5.87. The van der Waals surface area contributed by atoms with Gasteiger partial charge in [0.15, 0.2) is 0 Å². The zero-order valence-electron chi connectivity index (χ0n) is 10.7. The van der Waals surface area contributed by atoms with E-state index < -0.39 is 0 Å². The number of hydrogen-bond donors (Lipinski definition) is 1. The normalized spacial score (nSPS) is 15.1. The summed E-state index contributed by atoms with van der Waals surface area (Å²) in [5.74, 6) is 0.0290. The van der Waals surface area contributed by atoms with Crippen LogP contribution in [0.3, 0.4) is 0 Å². The molecule has 0 atom stereocenters. The van der Waals surface area contributed by atoms with Gasteiger partial charge in [-0.1, -0.05) is 6.07 Å². The van der Waals surface area contributed by atoms with Crippen LogP contribution in [0.25, 0.3) is 0 Å². The molecule has 0 unspecified atom stereocenters. The third kappa shape index (κ3) is 3.05. The van der Waals surface area contributed by atoms with Gasteiger partial charge in [0, 0.05) is 18.8 Å². The van der Waals surface area contributed by atoms with Gasteiger partial charge in [0.1, 0.15) is 0 Å². The van der Waals surface area contributed by atoms with Gasteiger partial charge in [0.2, 0.25) is 5.91 Å². The second kappa shape index (κ2) is 4.85. The van der Waals surface area contributed by atoms with Gasteiger partial charge in [-0.3, -0.25) is 9.69 Å². The molecule has 0 saturated heterocycles. The Labute approximate surface area is 102 Å². The van der Waals surface area contributed by atoms with E-state index in [4.69, 9.17) is 0 Å². The smallest absolute Gasteiger partial charge is 0.238 e. The van der Waals surface area contributed by atoms with Crippen LogP contribution >= 0.6 is 0 Å². The van der Waals surface area contributed by atoms with Crippen LogP contribution < -0.4 is 5.32 Å². The van der Waals surface area contributed by atoms with E-state index in [1.807, 2.05) is 25.1 Å². The lowest BCUT2D eigenvalue weighted by molar-refractivity contribution is -0.116. The van der Waals surface area contributed by atoms with Crippen molar-refractivity contribution in [2.75, 3.05) is 33.0 Å². The van der Waals surface area contributed by atoms with Gasteiger partial charge in [-0.25, -0.2) is 0 Å². The van der Waals surface area contributed by atoms with Gasteiger partial charge in [0.05, 0.1) is 6.54 Å². The maximum absolute atomic E-state index is 11.6. The van der Waals surface area contributed by atoms with E-state index in [2.05, 4.69) is 29.4 Å². The van der Waals surface area contributed by atoms with E-state index in [0.29, 0.717) is 6.54 Å². The number of amides is 1.